The van der Waals surface area contributed by atoms with Crippen LogP contribution in [0.3, 0.4) is 0 Å². The van der Waals surface area contributed by atoms with E-state index in [1.807, 2.05) is 0 Å². The molecule has 0 saturated carbocycles. The van der Waals surface area contributed by atoms with Crippen LogP contribution in [0.15, 0.2) is 41.0 Å². The van der Waals surface area contributed by atoms with Crippen LogP contribution >= 0.6 is 0 Å². The molecule has 31 heavy (non-hydrogen) atoms. The van der Waals surface area contributed by atoms with Gasteiger partial charge in [-0.2, -0.15) is 13.2 Å². The summed E-state index contributed by atoms with van der Waals surface area (Å²) in [6.07, 6.45) is -2.67. The smallest absolute Gasteiger partial charge is 0.406 e. The molecule has 0 N–H and O–H groups in total. The van der Waals surface area contributed by atoms with Gasteiger partial charge in [-0.3, -0.25) is 9.59 Å². The Balaban J connectivity index is 1.74. The molecule has 0 unspecified atom stereocenters. The highest BCUT2D eigenvalue weighted by atomic mass is 19.4. The van der Waals surface area contributed by atoms with Crippen molar-refractivity contribution in [2.75, 3.05) is 20.2 Å². The second kappa shape index (κ2) is 7.64. The molecule has 1 amide bonds. The Labute approximate surface area is 175 Å². The van der Waals surface area contributed by atoms with E-state index < -0.39 is 24.6 Å². The molecule has 0 radical (unpaired) electrons. The van der Waals surface area contributed by atoms with Crippen molar-refractivity contribution in [3.05, 3.63) is 47.7 Å². The van der Waals surface area contributed by atoms with E-state index in [1.54, 1.807) is 30.3 Å². The highest BCUT2D eigenvalue weighted by Gasteiger charge is 2.37. The maximum atomic E-state index is 12.8. The number of amides is 1. The lowest BCUT2D eigenvalue weighted by Gasteiger charge is -2.30. The summed E-state index contributed by atoms with van der Waals surface area (Å²) < 4.78 is 54.4. The molecule has 9 heteroatoms. The molecule has 1 aliphatic heterocycles. The Kier molecular flexibility index (Phi) is 5.12. The summed E-state index contributed by atoms with van der Waals surface area (Å²) in [5.41, 5.74) is 2.68. The maximum absolute atomic E-state index is 12.8. The second-order valence-electron chi connectivity index (χ2n) is 7.21. The van der Waals surface area contributed by atoms with E-state index in [2.05, 4.69) is 0 Å². The van der Waals surface area contributed by atoms with Gasteiger partial charge in [0.1, 0.15) is 23.6 Å². The number of esters is 1. The number of hydrogen-bond donors (Lipinski definition) is 0. The molecule has 0 aliphatic carbocycles. The van der Waals surface area contributed by atoms with Gasteiger partial charge in [-0.15, -0.1) is 0 Å². The number of ether oxygens (including phenoxy) is 2. The Morgan fingerprint density at radius 2 is 2.00 bits per heavy atom. The van der Waals surface area contributed by atoms with Crippen molar-refractivity contribution in [2.24, 2.45) is 0 Å². The zero-order valence-corrected chi connectivity index (χ0v) is 16.7. The first-order valence-electron chi connectivity index (χ1n) is 9.43. The molecule has 6 nitrogen and oxygen atoms in total. The Bertz CT molecular complexity index is 1160. The van der Waals surface area contributed by atoms with E-state index in [0.29, 0.717) is 22.5 Å². The third kappa shape index (κ3) is 4.08. The molecular weight excluding hydrogens is 415 g/mol. The second-order valence-corrected chi connectivity index (χ2v) is 7.21. The van der Waals surface area contributed by atoms with Crippen LogP contribution in [0.25, 0.3) is 22.1 Å². The third-order valence-electron chi connectivity index (χ3n) is 5.05. The zero-order chi connectivity index (χ0) is 22.3. The average Bonchev–Trinajstić information content (AvgIpc) is 3.11. The SMILES string of the molecule is COc1cc(-c2coc3cc(OC(C)=O)ccc23)cc2c1C(=O)N(CC(F)(F)F)CC2. The summed E-state index contributed by atoms with van der Waals surface area (Å²) >= 11 is 0. The lowest BCUT2D eigenvalue weighted by Crippen LogP contribution is -2.43. The number of carbonyl (C=O) groups is 2. The van der Waals surface area contributed by atoms with Crippen LogP contribution in [0.1, 0.15) is 22.8 Å². The lowest BCUT2D eigenvalue weighted by atomic mass is 9.92. The Morgan fingerprint density at radius 3 is 2.68 bits per heavy atom. The van der Waals surface area contributed by atoms with Crippen LogP contribution < -0.4 is 9.47 Å². The normalized spacial score (nSPS) is 14.0. The number of halogens is 3. The first kappa shape index (κ1) is 20.8. The summed E-state index contributed by atoms with van der Waals surface area (Å²) in [6.45, 7) is -0.0304. The molecule has 2 aromatic carbocycles. The van der Waals surface area contributed by atoms with E-state index in [4.69, 9.17) is 13.9 Å². The van der Waals surface area contributed by atoms with E-state index >= 15 is 0 Å². The molecule has 0 spiro atoms. The van der Waals surface area contributed by atoms with Crippen LogP contribution in [0, 0.1) is 0 Å². The van der Waals surface area contributed by atoms with Gasteiger partial charge >= 0.3 is 12.1 Å². The van der Waals surface area contributed by atoms with Crippen molar-refractivity contribution in [3.8, 4) is 22.6 Å². The molecule has 3 aromatic rings. The molecule has 162 valence electrons. The number of alkyl halides is 3. The fraction of sp³-hybridized carbons (Fsp3) is 0.273. The van der Waals surface area contributed by atoms with E-state index in [9.17, 15) is 22.8 Å². The first-order chi connectivity index (χ1) is 14.7. The minimum absolute atomic E-state index is 0.0319. The minimum atomic E-state index is -4.47. The first-order valence-corrected chi connectivity index (χ1v) is 9.43. The van der Waals surface area contributed by atoms with Gasteiger partial charge < -0.3 is 18.8 Å². The van der Waals surface area contributed by atoms with E-state index in [0.717, 1.165) is 15.8 Å². The predicted octanol–water partition coefficient (Wildman–Crippen LogP) is 4.59. The maximum Gasteiger partial charge on any atom is 0.406 e. The van der Waals surface area contributed by atoms with Crippen LogP contribution in [0.2, 0.25) is 0 Å². The van der Waals surface area contributed by atoms with Crippen molar-refractivity contribution in [2.45, 2.75) is 19.5 Å². The van der Waals surface area contributed by atoms with Gasteiger partial charge in [-0.1, -0.05) is 0 Å². The third-order valence-corrected chi connectivity index (χ3v) is 5.05. The topological polar surface area (TPSA) is 69.0 Å². The fourth-order valence-electron chi connectivity index (χ4n) is 3.77. The zero-order valence-electron chi connectivity index (χ0n) is 16.7. The van der Waals surface area contributed by atoms with E-state index in [-0.39, 0.29) is 24.3 Å². The number of fused-ring (bicyclic) bond motifs is 2. The summed E-state index contributed by atoms with van der Waals surface area (Å²) in [5, 5.41) is 0.749. The fourth-order valence-corrected chi connectivity index (χ4v) is 3.77. The molecule has 1 aromatic heterocycles. The minimum Gasteiger partial charge on any atom is -0.496 e. The number of benzene rings is 2. The highest BCUT2D eigenvalue weighted by molar-refractivity contribution is 6.02. The molecule has 0 bridgehead atoms. The number of nitrogens with zero attached hydrogens (tertiary/aromatic N) is 1. The lowest BCUT2D eigenvalue weighted by molar-refractivity contribution is -0.141. The molecule has 1 aliphatic rings. The molecule has 2 heterocycles. The van der Waals surface area contributed by atoms with Crippen LogP contribution in [0.4, 0.5) is 13.2 Å². The number of carbonyl (C=O) groups excluding carboxylic acids is 2. The van der Waals surface area contributed by atoms with Gasteiger partial charge in [0.15, 0.2) is 0 Å². The molecule has 0 saturated heterocycles. The number of furan rings is 1. The van der Waals surface area contributed by atoms with Crippen molar-refractivity contribution in [1.29, 1.82) is 0 Å². The van der Waals surface area contributed by atoms with Gasteiger partial charge in [-0.05, 0) is 41.8 Å². The Hall–Kier alpha value is -3.49. The van der Waals surface area contributed by atoms with Crippen LogP contribution in [0.5, 0.6) is 11.5 Å². The highest BCUT2D eigenvalue weighted by Crippen LogP contribution is 2.38. The van der Waals surface area contributed by atoms with Gasteiger partial charge in [-0.25, -0.2) is 0 Å². The van der Waals surface area contributed by atoms with Crippen molar-refractivity contribution in [1.82, 2.24) is 4.90 Å². The standard InChI is InChI=1S/C22H18F3NO5/c1-12(27)31-15-3-4-16-17(10-30-18(16)9-15)14-7-13-5-6-26(11-22(23,24)25)21(28)20(13)19(8-14)29-2/h3-4,7-10H,5-6,11H2,1-2H3. The van der Waals surface area contributed by atoms with Crippen molar-refractivity contribution >= 4 is 22.8 Å². The molecular formula is C22H18F3NO5. The molecule has 0 fully saturated rings. The van der Waals surface area contributed by atoms with Gasteiger partial charge in [0.05, 0.1) is 18.9 Å². The largest absolute Gasteiger partial charge is 0.496 e. The summed E-state index contributed by atoms with van der Waals surface area (Å²) in [6, 6.07) is 8.35. The number of rotatable bonds is 4. The van der Waals surface area contributed by atoms with Gasteiger partial charge in [0, 0.05) is 30.5 Å². The quantitative estimate of drug-likeness (QED) is 0.445. The van der Waals surface area contributed by atoms with Gasteiger partial charge in [0.25, 0.3) is 5.91 Å². The van der Waals surface area contributed by atoms with Crippen molar-refractivity contribution < 1.29 is 36.7 Å². The average molecular weight is 433 g/mol. The monoisotopic (exact) mass is 433 g/mol. The van der Waals surface area contributed by atoms with Crippen LogP contribution in [-0.4, -0.2) is 43.2 Å². The molecule has 4 rings (SSSR count). The number of hydrogen-bond acceptors (Lipinski definition) is 5. The number of methoxy groups -OCH3 is 1. The summed E-state index contributed by atoms with van der Waals surface area (Å²) in [4.78, 5) is 24.6. The van der Waals surface area contributed by atoms with Gasteiger partial charge in [0.2, 0.25) is 0 Å². The van der Waals surface area contributed by atoms with E-state index in [1.165, 1.54) is 20.3 Å². The molecule has 0 atom stereocenters. The summed E-state index contributed by atoms with van der Waals surface area (Å²) in [7, 11) is 1.37. The Morgan fingerprint density at radius 1 is 1.23 bits per heavy atom. The summed E-state index contributed by atoms with van der Waals surface area (Å²) in [5.74, 6) is -0.602. The predicted molar refractivity (Wildman–Crippen MR) is 105 cm³/mol. The van der Waals surface area contributed by atoms with Crippen molar-refractivity contribution in [3.63, 3.8) is 0 Å². The van der Waals surface area contributed by atoms with Crippen LogP contribution in [-0.2, 0) is 11.2 Å².